The first-order valence-corrected chi connectivity index (χ1v) is 16.1. The van der Waals surface area contributed by atoms with E-state index in [9.17, 15) is 19.5 Å². The fourth-order valence-electron chi connectivity index (χ4n) is 8.05. The van der Waals surface area contributed by atoms with E-state index in [1.807, 2.05) is 55.5 Å². The quantitative estimate of drug-likeness (QED) is 0.205. The standard InChI is InChI=1S/C38H33N5O6/c1-23-13-15-25(16-14-23)39-42-34(45)30-22-31-28(19-20-40-36(47)41(37(48)43(31)40)26-11-7-4-8-12-26)33(29-18-17-27(49-2)21-32(29)44)38(30,35(42)46)24-9-5-3-6-10-24/h3-19,21,30-31,33,39,44H,20,22H2,1-2H3/t30-,31+,33+,38+/m0/s1. The number of para-hydroxylation sites is 1. The van der Waals surface area contributed by atoms with Crippen LogP contribution in [0.2, 0.25) is 0 Å². The molecule has 2 aliphatic heterocycles. The molecule has 11 nitrogen and oxygen atoms in total. The van der Waals surface area contributed by atoms with Crippen molar-refractivity contribution in [2.24, 2.45) is 5.92 Å². The van der Waals surface area contributed by atoms with Crippen LogP contribution in [0.4, 0.5) is 5.69 Å². The van der Waals surface area contributed by atoms with Gasteiger partial charge < -0.3 is 9.84 Å². The number of nitrogens with one attached hydrogen (secondary N) is 1. The van der Waals surface area contributed by atoms with E-state index in [0.717, 1.165) is 15.1 Å². The first kappa shape index (κ1) is 30.2. The molecule has 49 heavy (non-hydrogen) atoms. The third-order valence-electron chi connectivity index (χ3n) is 10.2. The lowest BCUT2D eigenvalue weighted by molar-refractivity contribution is -0.138. The minimum absolute atomic E-state index is 0.0517. The number of amides is 2. The summed E-state index contributed by atoms with van der Waals surface area (Å²) in [6, 6.07) is 29.3. The summed E-state index contributed by atoms with van der Waals surface area (Å²) in [5.74, 6) is -2.54. The number of phenols is 1. The maximum atomic E-state index is 15.2. The summed E-state index contributed by atoms with van der Waals surface area (Å²) in [6.45, 7) is 2.00. The number of phenolic OH excluding ortho intramolecular Hbond substituents is 1. The van der Waals surface area contributed by atoms with E-state index < -0.39 is 46.5 Å². The largest absolute Gasteiger partial charge is 0.508 e. The first-order valence-electron chi connectivity index (χ1n) is 16.1. The zero-order valence-corrected chi connectivity index (χ0v) is 26.8. The Hall–Kier alpha value is -6.10. The van der Waals surface area contributed by atoms with E-state index in [0.29, 0.717) is 33.8 Å². The van der Waals surface area contributed by atoms with Crippen LogP contribution >= 0.6 is 0 Å². The minimum Gasteiger partial charge on any atom is -0.508 e. The Morgan fingerprint density at radius 1 is 0.857 bits per heavy atom. The monoisotopic (exact) mass is 655 g/mol. The molecule has 246 valence electrons. The number of anilines is 1. The summed E-state index contributed by atoms with van der Waals surface area (Å²) in [6.07, 6.45) is 1.92. The number of rotatable bonds is 6. The van der Waals surface area contributed by atoms with Gasteiger partial charge in [-0.3, -0.25) is 15.0 Å². The summed E-state index contributed by atoms with van der Waals surface area (Å²) in [5, 5.41) is 12.7. The highest BCUT2D eigenvalue weighted by Gasteiger charge is 2.69. The van der Waals surface area contributed by atoms with Crippen molar-refractivity contribution >= 4 is 17.5 Å². The van der Waals surface area contributed by atoms with Crippen LogP contribution in [0.25, 0.3) is 5.69 Å². The van der Waals surface area contributed by atoms with Gasteiger partial charge in [0.15, 0.2) is 0 Å². The number of nitrogens with zero attached hydrogens (tertiary/aromatic N) is 4. The zero-order chi connectivity index (χ0) is 34.0. The second kappa shape index (κ2) is 11.3. The van der Waals surface area contributed by atoms with Gasteiger partial charge in [-0.1, -0.05) is 78.4 Å². The van der Waals surface area contributed by atoms with Gasteiger partial charge >= 0.3 is 11.4 Å². The van der Waals surface area contributed by atoms with Gasteiger partial charge in [-0.15, -0.1) is 0 Å². The van der Waals surface area contributed by atoms with Gasteiger partial charge in [0.05, 0.1) is 42.4 Å². The molecule has 5 aromatic rings. The van der Waals surface area contributed by atoms with Crippen molar-refractivity contribution in [2.45, 2.75) is 37.3 Å². The molecule has 3 aliphatic rings. The molecule has 1 aliphatic carbocycles. The normalized spacial score (nSPS) is 22.6. The summed E-state index contributed by atoms with van der Waals surface area (Å²) in [4.78, 5) is 57.9. The average Bonchev–Trinajstić information content (AvgIpc) is 3.50. The van der Waals surface area contributed by atoms with Crippen molar-refractivity contribution in [3.8, 4) is 17.2 Å². The Bertz CT molecular complexity index is 2270. The number of imide groups is 1. The maximum Gasteiger partial charge on any atom is 0.352 e. The summed E-state index contributed by atoms with van der Waals surface area (Å²) in [5.41, 5.74) is 4.15. The molecule has 1 aromatic heterocycles. The number of benzene rings is 4. The topological polar surface area (TPSA) is 128 Å². The lowest BCUT2D eigenvalue weighted by Gasteiger charge is -2.49. The van der Waals surface area contributed by atoms with Crippen LogP contribution in [0.1, 0.15) is 35.1 Å². The molecular weight excluding hydrogens is 622 g/mol. The van der Waals surface area contributed by atoms with Crippen molar-refractivity contribution in [1.82, 2.24) is 18.9 Å². The van der Waals surface area contributed by atoms with E-state index in [2.05, 4.69) is 5.43 Å². The van der Waals surface area contributed by atoms with Gasteiger partial charge in [-0.05, 0) is 54.8 Å². The number of aromatic hydroxyl groups is 1. The number of aromatic nitrogens is 3. The lowest BCUT2D eigenvalue weighted by atomic mass is 9.53. The van der Waals surface area contributed by atoms with Crippen LogP contribution in [0.5, 0.6) is 11.5 Å². The number of methoxy groups -OCH3 is 1. The number of allylic oxidation sites excluding steroid dienone is 2. The number of carbonyl (C=O) groups excluding carboxylic acids is 2. The molecule has 4 aromatic carbocycles. The predicted molar refractivity (Wildman–Crippen MR) is 182 cm³/mol. The lowest BCUT2D eigenvalue weighted by Crippen LogP contribution is -2.53. The van der Waals surface area contributed by atoms with Crippen molar-refractivity contribution in [3.63, 3.8) is 0 Å². The van der Waals surface area contributed by atoms with E-state index in [-0.39, 0.29) is 18.7 Å². The summed E-state index contributed by atoms with van der Waals surface area (Å²) in [7, 11) is 1.49. The van der Waals surface area contributed by atoms with Crippen LogP contribution in [0.3, 0.4) is 0 Å². The molecule has 3 heterocycles. The minimum atomic E-state index is -1.52. The van der Waals surface area contributed by atoms with Gasteiger partial charge in [-0.2, -0.15) is 5.01 Å². The first-order chi connectivity index (χ1) is 23.7. The highest BCUT2D eigenvalue weighted by atomic mass is 16.5. The zero-order valence-electron chi connectivity index (χ0n) is 26.8. The molecule has 11 heteroatoms. The van der Waals surface area contributed by atoms with Crippen LogP contribution in [-0.4, -0.2) is 43.0 Å². The molecule has 1 saturated carbocycles. The number of hydrogen-bond donors (Lipinski definition) is 2. The predicted octanol–water partition coefficient (Wildman–Crippen LogP) is 4.44. The smallest absolute Gasteiger partial charge is 0.352 e. The number of aryl methyl sites for hydroxylation is 1. The van der Waals surface area contributed by atoms with Crippen LogP contribution in [-0.2, 0) is 21.5 Å². The Kier molecular flexibility index (Phi) is 6.95. The molecule has 0 unspecified atom stereocenters. The third-order valence-corrected chi connectivity index (χ3v) is 10.2. The second-order valence-corrected chi connectivity index (χ2v) is 12.7. The number of hydrogen-bond acceptors (Lipinski definition) is 7. The van der Waals surface area contributed by atoms with Crippen molar-refractivity contribution in [3.05, 3.63) is 152 Å². The average molecular weight is 656 g/mol. The van der Waals surface area contributed by atoms with Gasteiger partial charge in [0.1, 0.15) is 11.5 Å². The van der Waals surface area contributed by atoms with Crippen molar-refractivity contribution in [1.29, 1.82) is 0 Å². The van der Waals surface area contributed by atoms with Gasteiger partial charge in [0.2, 0.25) is 0 Å². The number of fused-ring (bicyclic) bond motifs is 4. The van der Waals surface area contributed by atoms with E-state index >= 15 is 4.79 Å². The molecule has 1 saturated heterocycles. The molecule has 2 fully saturated rings. The SMILES string of the molecule is COc1ccc([C@H]2C3=CCn4c(=O)n(-c5ccccc5)c(=O)n4[C@@H]3C[C@H]3C(=O)N(Nc4ccc(C)cc4)C(=O)[C@@]23c2ccccc2)c(O)c1. The fourth-order valence-corrected chi connectivity index (χ4v) is 8.05. The molecule has 4 atom stereocenters. The summed E-state index contributed by atoms with van der Waals surface area (Å²) < 4.78 is 9.32. The van der Waals surface area contributed by atoms with Crippen LogP contribution < -0.4 is 21.5 Å². The number of ether oxygens (including phenoxy) is 1. The molecule has 0 spiro atoms. The molecule has 2 N–H and O–H groups in total. The van der Waals surface area contributed by atoms with Crippen molar-refractivity contribution in [2.75, 3.05) is 12.5 Å². The van der Waals surface area contributed by atoms with E-state index in [1.165, 1.54) is 22.5 Å². The molecule has 8 rings (SSSR count). The molecule has 0 radical (unpaired) electrons. The van der Waals surface area contributed by atoms with Gasteiger partial charge in [0.25, 0.3) is 11.8 Å². The van der Waals surface area contributed by atoms with Crippen molar-refractivity contribution < 1.29 is 19.4 Å². The Morgan fingerprint density at radius 3 is 2.22 bits per heavy atom. The number of carbonyl (C=O) groups is 2. The summed E-state index contributed by atoms with van der Waals surface area (Å²) >= 11 is 0. The van der Waals surface area contributed by atoms with E-state index in [4.69, 9.17) is 4.74 Å². The maximum absolute atomic E-state index is 15.2. The van der Waals surface area contributed by atoms with Gasteiger partial charge in [-0.25, -0.2) is 23.5 Å². The third kappa shape index (κ3) is 4.35. The molecular formula is C38H33N5O6. The van der Waals surface area contributed by atoms with Crippen LogP contribution in [0, 0.1) is 12.8 Å². The highest BCUT2D eigenvalue weighted by molar-refractivity contribution is 6.12. The second-order valence-electron chi connectivity index (χ2n) is 12.7. The molecule has 2 amide bonds. The van der Waals surface area contributed by atoms with Crippen LogP contribution in [0.15, 0.2) is 124 Å². The highest BCUT2D eigenvalue weighted by Crippen LogP contribution is 2.62. The Labute approximate surface area is 280 Å². The van der Waals surface area contributed by atoms with Gasteiger partial charge in [0, 0.05) is 17.5 Å². The number of hydrazine groups is 1. The Balaban J connectivity index is 1.38. The fraction of sp³-hybridized carbons (Fsp3) is 0.211. The molecule has 0 bridgehead atoms. The Morgan fingerprint density at radius 2 is 1.55 bits per heavy atom. The van der Waals surface area contributed by atoms with E-state index in [1.54, 1.807) is 54.6 Å².